The van der Waals surface area contributed by atoms with Gasteiger partial charge in [-0.15, -0.1) is 0 Å². The number of fused-ring (bicyclic) bond motifs is 1. The number of hydrogen-bond donors (Lipinski definition) is 1. The lowest BCUT2D eigenvalue weighted by Gasteiger charge is -2.21. The minimum atomic E-state index is -0.225. The van der Waals surface area contributed by atoms with Crippen LogP contribution >= 0.6 is 24.0 Å². The smallest absolute Gasteiger partial charge is 0.267 e. The van der Waals surface area contributed by atoms with Crippen LogP contribution in [0.25, 0.3) is 11.7 Å². The third-order valence-electron chi connectivity index (χ3n) is 5.66. The Morgan fingerprint density at radius 3 is 2.94 bits per heavy atom. The molecule has 0 bridgehead atoms. The van der Waals surface area contributed by atoms with Gasteiger partial charge in [0.05, 0.1) is 16.6 Å². The Morgan fingerprint density at radius 2 is 2.23 bits per heavy atom. The van der Waals surface area contributed by atoms with Gasteiger partial charge in [-0.25, -0.2) is 4.98 Å². The molecule has 2 fully saturated rings. The number of anilines is 1. The molecular formula is C22H26N4O3S2. The van der Waals surface area contributed by atoms with Gasteiger partial charge >= 0.3 is 0 Å². The van der Waals surface area contributed by atoms with Crippen LogP contribution in [0.15, 0.2) is 28.0 Å². The van der Waals surface area contributed by atoms with Crippen molar-refractivity contribution in [2.45, 2.75) is 52.2 Å². The van der Waals surface area contributed by atoms with Crippen LogP contribution in [0.3, 0.4) is 0 Å². The van der Waals surface area contributed by atoms with E-state index in [0.717, 1.165) is 31.4 Å². The second-order valence-electron chi connectivity index (χ2n) is 7.94. The van der Waals surface area contributed by atoms with E-state index in [-0.39, 0.29) is 23.6 Å². The van der Waals surface area contributed by atoms with E-state index in [1.165, 1.54) is 16.2 Å². The number of rotatable bonds is 6. The molecule has 1 amide bonds. The van der Waals surface area contributed by atoms with Crippen LogP contribution in [0.1, 0.15) is 44.2 Å². The Morgan fingerprint density at radius 1 is 1.42 bits per heavy atom. The van der Waals surface area contributed by atoms with E-state index in [9.17, 15) is 9.59 Å². The minimum Gasteiger partial charge on any atom is -0.376 e. The van der Waals surface area contributed by atoms with Gasteiger partial charge < -0.3 is 10.1 Å². The number of aromatic nitrogens is 2. The monoisotopic (exact) mass is 458 g/mol. The SMILES string of the molecule is CCC(C)N1C(=O)/C(=C\c2c(NCC3CCCO3)nc3ccc(C)cn3c2=O)SC1=S. The molecule has 2 unspecified atom stereocenters. The molecule has 2 aromatic rings. The zero-order valence-corrected chi connectivity index (χ0v) is 19.5. The fraction of sp³-hybridized carbons (Fsp3) is 0.455. The molecular weight excluding hydrogens is 432 g/mol. The number of nitrogens with zero attached hydrogens (tertiary/aromatic N) is 3. The second-order valence-corrected chi connectivity index (χ2v) is 9.61. The van der Waals surface area contributed by atoms with E-state index in [1.807, 2.05) is 32.9 Å². The van der Waals surface area contributed by atoms with Crippen molar-refractivity contribution >= 4 is 51.7 Å². The van der Waals surface area contributed by atoms with Crippen molar-refractivity contribution in [1.29, 1.82) is 0 Å². The lowest BCUT2D eigenvalue weighted by molar-refractivity contribution is -0.123. The number of ether oxygens (including phenoxy) is 1. The van der Waals surface area contributed by atoms with E-state index < -0.39 is 0 Å². The summed E-state index contributed by atoms with van der Waals surface area (Å²) in [6, 6.07) is 3.75. The van der Waals surface area contributed by atoms with Crippen LogP contribution < -0.4 is 10.9 Å². The number of thioether (sulfide) groups is 1. The van der Waals surface area contributed by atoms with E-state index in [0.29, 0.717) is 32.8 Å². The average Bonchev–Trinajstić information content (AvgIpc) is 3.36. The van der Waals surface area contributed by atoms with E-state index in [2.05, 4.69) is 10.3 Å². The summed E-state index contributed by atoms with van der Waals surface area (Å²) in [4.78, 5) is 33.1. The fourth-order valence-electron chi connectivity index (χ4n) is 3.71. The quantitative estimate of drug-likeness (QED) is 0.524. The molecule has 0 spiro atoms. The Kier molecular flexibility index (Phi) is 6.45. The molecule has 1 N–H and O–H groups in total. The van der Waals surface area contributed by atoms with E-state index >= 15 is 0 Å². The maximum absolute atomic E-state index is 13.4. The molecule has 2 aromatic heterocycles. The van der Waals surface area contributed by atoms with Crippen molar-refractivity contribution in [3.63, 3.8) is 0 Å². The average molecular weight is 459 g/mol. The van der Waals surface area contributed by atoms with Crippen LogP contribution in [-0.2, 0) is 9.53 Å². The van der Waals surface area contributed by atoms with Gasteiger partial charge in [-0.3, -0.25) is 18.9 Å². The highest BCUT2D eigenvalue weighted by molar-refractivity contribution is 8.26. The zero-order chi connectivity index (χ0) is 22.1. The molecule has 0 radical (unpaired) electrons. The van der Waals surface area contributed by atoms with Gasteiger partial charge in [-0.05, 0) is 50.8 Å². The summed E-state index contributed by atoms with van der Waals surface area (Å²) in [6.07, 6.45) is 6.29. The number of thiocarbonyl (C=S) groups is 1. The number of hydrogen-bond acceptors (Lipinski definition) is 7. The Labute approximate surface area is 190 Å². The van der Waals surface area contributed by atoms with Gasteiger partial charge in [0.25, 0.3) is 11.5 Å². The molecule has 164 valence electrons. The van der Waals surface area contributed by atoms with Gasteiger partial charge in [-0.2, -0.15) is 0 Å². The van der Waals surface area contributed by atoms with Crippen molar-refractivity contribution in [2.24, 2.45) is 0 Å². The molecule has 0 saturated carbocycles. The summed E-state index contributed by atoms with van der Waals surface area (Å²) in [7, 11) is 0. The molecule has 2 aliphatic rings. The summed E-state index contributed by atoms with van der Waals surface area (Å²) in [5.41, 5.74) is 1.63. The molecule has 0 aliphatic carbocycles. The van der Waals surface area contributed by atoms with E-state index in [1.54, 1.807) is 17.2 Å². The summed E-state index contributed by atoms with van der Waals surface area (Å²) in [5.74, 6) is 0.293. The zero-order valence-electron chi connectivity index (χ0n) is 17.9. The Balaban J connectivity index is 1.77. The second kappa shape index (κ2) is 9.10. The normalized spacial score (nSPS) is 21.5. The third kappa shape index (κ3) is 4.40. The van der Waals surface area contributed by atoms with Crippen LogP contribution in [0.5, 0.6) is 0 Å². The highest BCUT2D eigenvalue weighted by atomic mass is 32.2. The lowest BCUT2D eigenvalue weighted by atomic mass is 10.2. The first-order valence-corrected chi connectivity index (χ1v) is 11.8. The predicted octanol–water partition coefficient (Wildman–Crippen LogP) is 3.59. The first kappa shape index (κ1) is 22.0. The van der Waals surface area contributed by atoms with Gasteiger partial charge in [0.1, 0.15) is 15.8 Å². The number of nitrogens with one attached hydrogen (secondary N) is 1. The van der Waals surface area contributed by atoms with Crippen LogP contribution in [0.4, 0.5) is 5.82 Å². The van der Waals surface area contributed by atoms with Crippen LogP contribution in [-0.4, -0.2) is 49.8 Å². The highest BCUT2D eigenvalue weighted by Crippen LogP contribution is 2.34. The number of carbonyl (C=O) groups is 1. The number of amides is 1. The third-order valence-corrected chi connectivity index (χ3v) is 6.99. The molecule has 31 heavy (non-hydrogen) atoms. The molecule has 7 nitrogen and oxygen atoms in total. The van der Waals surface area contributed by atoms with Crippen molar-refractivity contribution in [3.05, 3.63) is 44.7 Å². The van der Waals surface area contributed by atoms with Gasteiger partial charge in [0, 0.05) is 25.4 Å². The fourth-order valence-corrected chi connectivity index (χ4v) is 5.16. The largest absolute Gasteiger partial charge is 0.376 e. The summed E-state index contributed by atoms with van der Waals surface area (Å²) in [6.45, 7) is 7.22. The topological polar surface area (TPSA) is 75.9 Å². The molecule has 2 atom stereocenters. The number of pyridine rings is 1. The first-order chi connectivity index (χ1) is 14.9. The summed E-state index contributed by atoms with van der Waals surface area (Å²) < 4.78 is 7.73. The molecule has 0 aromatic carbocycles. The molecule has 2 aliphatic heterocycles. The molecule has 9 heteroatoms. The summed E-state index contributed by atoms with van der Waals surface area (Å²) >= 11 is 6.66. The molecule has 4 heterocycles. The Hall–Kier alpha value is -2.23. The van der Waals surface area contributed by atoms with Crippen molar-refractivity contribution in [3.8, 4) is 0 Å². The van der Waals surface area contributed by atoms with Crippen molar-refractivity contribution in [2.75, 3.05) is 18.5 Å². The van der Waals surface area contributed by atoms with Gasteiger partial charge in [0.15, 0.2) is 0 Å². The Bertz CT molecular complexity index is 1120. The highest BCUT2D eigenvalue weighted by Gasteiger charge is 2.35. The maximum atomic E-state index is 13.4. The van der Waals surface area contributed by atoms with E-state index in [4.69, 9.17) is 17.0 Å². The summed E-state index contributed by atoms with van der Waals surface area (Å²) in [5, 5.41) is 3.29. The molecule has 4 rings (SSSR count). The van der Waals surface area contributed by atoms with Crippen molar-refractivity contribution in [1.82, 2.24) is 14.3 Å². The van der Waals surface area contributed by atoms with Crippen molar-refractivity contribution < 1.29 is 9.53 Å². The van der Waals surface area contributed by atoms with Gasteiger partial charge in [0.2, 0.25) is 0 Å². The van der Waals surface area contributed by atoms with Gasteiger partial charge in [-0.1, -0.05) is 37.0 Å². The lowest BCUT2D eigenvalue weighted by Crippen LogP contribution is -2.36. The standard InChI is InChI=1S/C22H26N4O3S2/c1-4-14(3)26-21(28)17(31-22(26)30)10-16-19(23-11-15-6-5-9-29-15)24-18-8-7-13(2)12-25(18)20(16)27/h7-8,10,12,14-15,23H,4-6,9,11H2,1-3H3/b17-10+. The first-order valence-electron chi connectivity index (χ1n) is 10.5. The minimum absolute atomic E-state index is 0.00832. The maximum Gasteiger partial charge on any atom is 0.267 e. The number of aryl methyl sites for hydroxylation is 1. The predicted molar refractivity (Wildman–Crippen MR) is 128 cm³/mol. The van der Waals surface area contributed by atoms with Crippen LogP contribution in [0, 0.1) is 6.92 Å². The molecule has 2 saturated heterocycles. The van der Waals surface area contributed by atoms with Crippen LogP contribution in [0.2, 0.25) is 0 Å². The number of carbonyl (C=O) groups excluding carboxylic acids is 1.